The molecule has 0 radical (unpaired) electrons. The first kappa shape index (κ1) is 17.2. The van der Waals surface area contributed by atoms with E-state index in [4.69, 9.17) is 27.9 Å². The van der Waals surface area contributed by atoms with E-state index in [1.807, 2.05) is 6.92 Å². The molecule has 8 heteroatoms. The van der Waals surface area contributed by atoms with Gasteiger partial charge in [-0.05, 0) is 26.0 Å². The normalized spacial score (nSPS) is 13.5. The standard InChI is InChI=1S/C11H14BrCl2NO3S/c1-3-18-7(2)6-15-19(16,17)11-9(13)4-8(12)5-10(11)14/h4-5,7,15H,3,6H2,1-2H3. The third kappa shape index (κ3) is 4.88. The van der Waals surface area contributed by atoms with E-state index < -0.39 is 10.0 Å². The van der Waals surface area contributed by atoms with Crippen LogP contribution in [0.3, 0.4) is 0 Å². The van der Waals surface area contributed by atoms with Crippen LogP contribution in [-0.2, 0) is 14.8 Å². The van der Waals surface area contributed by atoms with Crippen molar-refractivity contribution in [2.24, 2.45) is 0 Å². The van der Waals surface area contributed by atoms with E-state index in [2.05, 4.69) is 20.7 Å². The van der Waals surface area contributed by atoms with Gasteiger partial charge in [-0.1, -0.05) is 39.1 Å². The molecule has 0 aliphatic rings. The Kier molecular flexibility index (Phi) is 6.56. The van der Waals surface area contributed by atoms with Crippen LogP contribution in [-0.4, -0.2) is 27.7 Å². The summed E-state index contributed by atoms with van der Waals surface area (Å²) in [5, 5.41) is 0.131. The summed E-state index contributed by atoms with van der Waals surface area (Å²) in [6.07, 6.45) is -0.229. The number of ether oxygens (including phenoxy) is 1. The molecule has 0 aliphatic carbocycles. The summed E-state index contributed by atoms with van der Waals surface area (Å²) < 4.78 is 32.6. The lowest BCUT2D eigenvalue weighted by Crippen LogP contribution is -2.32. The van der Waals surface area contributed by atoms with Crippen molar-refractivity contribution in [2.75, 3.05) is 13.2 Å². The second kappa shape index (κ2) is 7.24. The Labute approximate surface area is 131 Å². The molecule has 1 N–H and O–H groups in total. The Morgan fingerprint density at radius 2 is 1.89 bits per heavy atom. The van der Waals surface area contributed by atoms with Crippen LogP contribution in [0.4, 0.5) is 0 Å². The van der Waals surface area contributed by atoms with Gasteiger partial charge in [-0.2, -0.15) is 0 Å². The molecule has 0 aromatic heterocycles. The van der Waals surface area contributed by atoms with Gasteiger partial charge < -0.3 is 4.74 Å². The molecule has 0 bridgehead atoms. The van der Waals surface area contributed by atoms with Gasteiger partial charge in [-0.15, -0.1) is 0 Å². The Bertz CT molecular complexity index is 528. The van der Waals surface area contributed by atoms with Crippen molar-refractivity contribution in [1.29, 1.82) is 0 Å². The van der Waals surface area contributed by atoms with Gasteiger partial charge in [0.2, 0.25) is 10.0 Å². The van der Waals surface area contributed by atoms with Gasteiger partial charge >= 0.3 is 0 Å². The Balaban J connectivity index is 2.95. The van der Waals surface area contributed by atoms with Crippen molar-refractivity contribution in [1.82, 2.24) is 4.72 Å². The van der Waals surface area contributed by atoms with Gasteiger partial charge in [0, 0.05) is 17.6 Å². The number of halogens is 3. The fourth-order valence-electron chi connectivity index (χ4n) is 1.43. The molecule has 0 saturated heterocycles. The number of hydrogen-bond acceptors (Lipinski definition) is 3. The highest BCUT2D eigenvalue weighted by Gasteiger charge is 2.22. The van der Waals surface area contributed by atoms with Crippen LogP contribution < -0.4 is 4.72 Å². The largest absolute Gasteiger partial charge is 0.377 e. The molecule has 1 unspecified atom stereocenters. The first-order chi connectivity index (χ1) is 8.77. The Hall–Kier alpha value is 0.150. The molecule has 19 heavy (non-hydrogen) atoms. The number of hydrogen-bond donors (Lipinski definition) is 1. The highest BCUT2D eigenvalue weighted by atomic mass is 79.9. The van der Waals surface area contributed by atoms with Crippen LogP contribution in [0.15, 0.2) is 21.5 Å². The summed E-state index contributed by atoms with van der Waals surface area (Å²) in [4.78, 5) is -0.122. The average Bonchev–Trinajstić information content (AvgIpc) is 2.25. The quantitative estimate of drug-likeness (QED) is 0.809. The van der Waals surface area contributed by atoms with Crippen LogP contribution in [0.5, 0.6) is 0 Å². The summed E-state index contributed by atoms with van der Waals surface area (Å²) in [5.74, 6) is 0. The van der Waals surface area contributed by atoms with E-state index >= 15 is 0 Å². The number of rotatable bonds is 6. The van der Waals surface area contributed by atoms with Crippen LogP contribution in [0.1, 0.15) is 13.8 Å². The monoisotopic (exact) mass is 389 g/mol. The third-order valence-electron chi connectivity index (χ3n) is 2.24. The molecule has 1 atom stereocenters. The van der Waals surface area contributed by atoms with Crippen LogP contribution >= 0.6 is 39.1 Å². The van der Waals surface area contributed by atoms with Crippen molar-refractivity contribution in [3.8, 4) is 0 Å². The molecule has 1 aromatic rings. The molecule has 0 spiro atoms. The first-order valence-corrected chi connectivity index (χ1v) is 8.57. The summed E-state index contributed by atoms with van der Waals surface area (Å²) in [6, 6.07) is 2.96. The van der Waals surface area contributed by atoms with Crippen LogP contribution in [0, 0.1) is 0 Å². The fourth-order valence-corrected chi connectivity index (χ4v) is 4.48. The summed E-state index contributed by atoms with van der Waals surface area (Å²) in [6.45, 7) is 4.28. The highest BCUT2D eigenvalue weighted by Crippen LogP contribution is 2.32. The van der Waals surface area contributed by atoms with Gasteiger partial charge in [-0.25, -0.2) is 13.1 Å². The topological polar surface area (TPSA) is 55.4 Å². The van der Waals surface area contributed by atoms with Gasteiger partial charge in [0.15, 0.2) is 0 Å². The van der Waals surface area contributed by atoms with E-state index in [0.717, 1.165) is 0 Å². The predicted octanol–water partition coefficient (Wildman–Crippen LogP) is 3.46. The molecule has 0 heterocycles. The molecule has 0 aliphatic heterocycles. The molecule has 0 amide bonds. The molecule has 1 rings (SSSR count). The van der Waals surface area contributed by atoms with Crippen LogP contribution in [0.2, 0.25) is 10.0 Å². The summed E-state index contributed by atoms with van der Waals surface area (Å²) in [5.41, 5.74) is 0. The van der Waals surface area contributed by atoms with Crippen molar-refractivity contribution in [2.45, 2.75) is 24.8 Å². The molecule has 4 nitrogen and oxygen atoms in total. The molecular formula is C11H14BrCl2NO3S. The van der Waals surface area contributed by atoms with E-state index in [-0.39, 0.29) is 27.6 Å². The van der Waals surface area contributed by atoms with E-state index in [1.165, 1.54) is 12.1 Å². The van der Waals surface area contributed by atoms with Gasteiger partial charge in [0.05, 0.1) is 16.1 Å². The molecule has 0 saturated carbocycles. The molecule has 108 valence electrons. The number of nitrogens with one attached hydrogen (secondary N) is 1. The van der Waals surface area contributed by atoms with Crippen molar-refractivity contribution >= 4 is 49.2 Å². The maximum atomic E-state index is 12.1. The first-order valence-electron chi connectivity index (χ1n) is 5.53. The zero-order chi connectivity index (χ0) is 14.6. The zero-order valence-electron chi connectivity index (χ0n) is 10.4. The average molecular weight is 391 g/mol. The lowest BCUT2D eigenvalue weighted by molar-refractivity contribution is 0.0799. The Morgan fingerprint density at radius 3 is 2.37 bits per heavy atom. The second-order valence-corrected chi connectivity index (χ2v) is 7.25. The van der Waals surface area contributed by atoms with Gasteiger partial charge in [-0.3, -0.25) is 0 Å². The number of sulfonamides is 1. The van der Waals surface area contributed by atoms with Gasteiger partial charge in [0.25, 0.3) is 0 Å². The van der Waals surface area contributed by atoms with Crippen molar-refractivity contribution in [3.63, 3.8) is 0 Å². The lowest BCUT2D eigenvalue weighted by Gasteiger charge is -2.14. The van der Waals surface area contributed by atoms with Crippen molar-refractivity contribution < 1.29 is 13.2 Å². The Morgan fingerprint density at radius 1 is 1.37 bits per heavy atom. The van der Waals surface area contributed by atoms with E-state index in [1.54, 1.807) is 6.92 Å². The minimum Gasteiger partial charge on any atom is -0.377 e. The third-order valence-corrected chi connectivity index (χ3v) is 5.05. The SMILES string of the molecule is CCOC(C)CNS(=O)(=O)c1c(Cl)cc(Br)cc1Cl. The van der Waals surface area contributed by atoms with Crippen LogP contribution in [0.25, 0.3) is 0 Å². The second-order valence-electron chi connectivity index (χ2n) is 3.82. The summed E-state index contributed by atoms with van der Waals surface area (Å²) in [7, 11) is -3.77. The highest BCUT2D eigenvalue weighted by molar-refractivity contribution is 9.10. The smallest absolute Gasteiger partial charge is 0.243 e. The predicted molar refractivity (Wildman–Crippen MR) is 80.4 cm³/mol. The van der Waals surface area contributed by atoms with E-state index in [0.29, 0.717) is 11.1 Å². The van der Waals surface area contributed by atoms with Gasteiger partial charge in [0.1, 0.15) is 4.90 Å². The number of benzene rings is 1. The lowest BCUT2D eigenvalue weighted by atomic mass is 10.4. The molecular weight excluding hydrogens is 377 g/mol. The molecule has 0 fully saturated rings. The van der Waals surface area contributed by atoms with Crippen molar-refractivity contribution in [3.05, 3.63) is 26.7 Å². The maximum absolute atomic E-state index is 12.1. The summed E-state index contributed by atoms with van der Waals surface area (Å²) >= 11 is 15.1. The fraction of sp³-hybridized carbons (Fsp3) is 0.455. The minimum atomic E-state index is -3.77. The zero-order valence-corrected chi connectivity index (χ0v) is 14.3. The van der Waals surface area contributed by atoms with E-state index in [9.17, 15) is 8.42 Å². The minimum absolute atomic E-state index is 0.0657. The maximum Gasteiger partial charge on any atom is 0.243 e. The molecule has 1 aromatic carbocycles.